The molecule has 0 radical (unpaired) electrons. The fourth-order valence-electron chi connectivity index (χ4n) is 3.78. The van der Waals surface area contributed by atoms with E-state index in [1.807, 2.05) is 42.5 Å². The number of rotatable bonds is 7. The van der Waals surface area contributed by atoms with Crippen molar-refractivity contribution in [1.82, 2.24) is 9.88 Å². The van der Waals surface area contributed by atoms with E-state index in [-0.39, 0.29) is 17.7 Å². The van der Waals surface area contributed by atoms with Gasteiger partial charge < -0.3 is 15.2 Å². The summed E-state index contributed by atoms with van der Waals surface area (Å²) >= 11 is 0. The highest BCUT2D eigenvalue weighted by Crippen LogP contribution is 2.29. The Kier molecular flexibility index (Phi) is 5.88. The summed E-state index contributed by atoms with van der Waals surface area (Å²) in [6, 6.07) is 17.9. The van der Waals surface area contributed by atoms with E-state index in [2.05, 4.69) is 41.2 Å². The molecule has 0 aliphatic heterocycles. The van der Waals surface area contributed by atoms with Gasteiger partial charge in [0, 0.05) is 35.6 Å². The van der Waals surface area contributed by atoms with Crippen LogP contribution in [0.25, 0.3) is 10.9 Å². The lowest BCUT2D eigenvalue weighted by atomic mass is 9.85. The maximum atomic E-state index is 12.9. The van der Waals surface area contributed by atoms with Crippen LogP contribution >= 0.6 is 0 Å². The Morgan fingerprint density at radius 2 is 1.83 bits per heavy atom. The number of hydrogen-bond donors (Lipinski definition) is 2. The Labute approximate surface area is 177 Å². The van der Waals surface area contributed by atoms with Crippen molar-refractivity contribution in [2.45, 2.75) is 39.7 Å². The molecule has 1 saturated carbocycles. The number of carbonyl (C=O) groups is 2. The van der Waals surface area contributed by atoms with Crippen molar-refractivity contribution >= 4 is 28.4 Å². The van der Waals surface area contributed by atoms with Gasteiger partial charge in [0.25, 0.3) is 5.91 Å². The third-order valence-corrected chi connectivity index (χ3v) is 5.73. The van der Waals surface area contributed by atoms with Crippen molar-refractivity contribution in [2.75, 3.05) is 11.9 Å². The summed E-state index contributed by atoms with van der Waals surface area (Å²) in [5.74, 6) is 0.546. The van der Waals surface area contributed by atoms with E-state index in [1.54, 1.807) is 0 Å². The van der Waals surface area contributed by atoms with Crippen molar-refractivity contribution in [3.8, 4) is 0 Å². The molecule has 0 atom stereocenters. The molecule has 30 heavy (non-hydrogen) atoms. The Morgan fingerprint density at radius 3 is 2.50 bits per heavy atom. The van der Waals surface area contributed by atoms with Gasteiger partial charge in [-0.15, -0.1) is 0 Å². The molecule has 1 aromatic heterocycles. The van der Waals surface area contributed by atoms with Crippen molar-refractivity contribution in [1.29, 1.82) is 0 Å². The molecule has 1 aliphatic carbocycles. The fourth-order valence-corrected chi connectivity index (χ4v) is 3.78. The molecule has 2 aromatic carbocycles. The Balaban J connectivity index is 1.66. The maximum absolute atomic E-state index is 12.9. The Bertz CT molecular complexity index is 1050. The number of aromatic nitrogens is 1. The van der Waals surface area contributed by atoms with E-state index in [4.69, 9.17) is 0 Å². The molecule has 4 rings (SSSR count). The molecule has 2 N–H and O–H groups in total. The summed E-state index contributed by atoms with van der Waals surface area (Å²) in [6.45, 7) is 5.41. The van der Waals surface area contributed by atoms with Gasteiger partial charge in [0.2, 0.25) is 5.91 Å². The SMILES string of the molecule is CC(C)CNC(=O)c1cc2cc(NC(=O)C3CCC3)ccc2n1Cc1ccccc1. The van der Waals surface area contributed by atoms with Crippen molar-refractivity contribution < 1.29 is 9.59 Å². The second-order valence-corrected chi connectivity index (χ2v) is 8.60. The Morgan fingerprint density at radius 1 is 1.07 bits per heavy atom. The number of amides is 2. The first-order valence-corrected chi connectivity index (χ1v) is 10.8. The minimum absolute atomic E-state index is 0.0733. The number of benzene rings is 2. The van der Waals surface area contributed by atoms with E-state index in [0.717, 1.165) is 41.4 Å². The molecular weight excluding hydrogens is 374 g/mol. The van der Waals surface area contributed by atoms with Gasteiger partial charge in [-0.2, -0.15) is 0 Å². The number of nitrogens with zero attached hydrogens (tertiary/aromatic N) is 1. The van der Waals surface area contributed by atoms with Crippen molar-refractivity contribution in [3.05, 3.63) is 65.9 Å². The lowest BCUT2D eigenvalue weighted by Crippen LogP contribution is -2.29. The van der Waals surface area contributed by atoms with E-state index in [1.165, 1.54) is 0 Å². The fraction of sp³-hybridized carbons (Fsp3) is 0.360. The number of nitrogens with one attached hydrogen (secondary N) is 2. The van der Waals surface area contributed by atoms with Crippen LogP contribution in [-0.4, -0.2) is 22.9 Å². The molecule has 0 saturated heterocycles. The highest BCUT2D eigenvalue weighted by atomic mass is 16.2. The Hall–Kier alpha value is -3.08. The predicted molar refractivity (Wildman–Crippen MR) is 121 cm³/mol. The van der Waals surface area contributed by atoms with Gasteiger partial charge in [0.05, 0.1) is 0 Å². The van der Waals surface area contributed by atoms with Gasteiger partial charge in [-0.05, 0) is 48.6 Å². The standard InChI is InChI=1S/C25H29N3O2/c1-17(2)15-26-25(30)23-14-20-13-21(27-24(29)19-9-6-10-19)11-12-22(20)28(23)16-18-7-4-3-5-8-18/h3-5,7-8,11-14,17,19H,6,9-10,15-16H2,1-2H3,(H,26,30)(H,27,29). The molecule has 5 nitrogen and oxygen atoms in total. The van der Waals surface area contributed by atoms with Crippen LogP contribution in [0.3, 0.4) is 0 Å². The average molecular weight is 404 g/mol. The molecule has 2 amide bonds. The zero-order chi connectivity index (χ0) is 21.1. The molecule has 1 aliphatic rings. The molecule has 0 unspecified atom stereocenters. The van der Waals surface area contributed by atoms with E-state index in [9.17, 15) is 9.59 Å². The molecule has 0 spiro atoms. The van der Waals surface area contributed by atoms with Gasteiger partial charge in [-0.1, -0.05) is 50.6 Å². The molecule has 1 heterocycles. The van der Waals surface area contributed by atoms with Gasteiger partial charge in [0.15, 0.2) is 0 Å². The highest BCUT2D eigenvalue weighted by Gasteiger charge is 2.25. The lowest BCUT2D eigenvalue weighted by molar-refractivity contribution is -0.122. The first-order chi connectivity index (χ1) is 14.5. The van der Waals surface area contributed by atoms with Crippen molar-refractivity contribution in [2.24, 2.45) is 11.8 Å². The monoisotopic (exact) mass is 403 g/mol. The average Bonchev–Trinajstić information content (AvgIpc) is 3.03. The lowest BCUT2D eigenvalue weighted by Gasteiger charge is -2.24. The summed E-state index contributed by atoms with van der Waals surface area (Å²) in [6.07, 6.45) is 3.08. The summed E-state index contributed by atoms with van der Waals surface area (Å²) < 4.78 is 2.05. The first kappa shape index (κ1) is 20.2. The predicted octanol–water partition coefficient (Wildman–Crippen LogP) is 4.81. The van der Waals surface area contributed by atoms with Gasteiger partial charge >= 0.3 is 0 Å². The number of fused-ring (bicyclic) bond motifs is 1. The second-order valence-electron chi connectivity index (χ2n) is 8.60. The van der Waals surface area contributed by atoms with Gasteiger partial charge in [0.1, 0.15) is 5.69 Å². The molecule has 1 fully saturated rings. The number of carbonyl (C=O) groups excluding carboxylic acids is 2. The van der Waals surface area contributed by atoms with Crippen molar-refractivity contribution in [3.63, 3.8) is 0 Å². The van der Waals surface area contributed by atoms with E-state index in [0.29, 0.717) is 24.7 Å². The highest BCUT2D eigenvalue weighted by molar-refractivity contribution is 6.01. The van der Waals surface area contributed by atoms with Crippen LogP contribution in [0.1, 0.15) is 49.2 Å². The van der Waals surface area contributed by atoms with E-state index < -0.39 is 0 Å². The van der Waals surface area contributed by atoms with Crippen LogP contribution in [0.2, 0.25) is 0 Å². The van der Waals surface area contributed by atoms with Crippen LogP contribution in [0.5, 0.6) is 0 Å². The van der Waals surface area contributed by atoms with Gasteiger partial charge in [-0.3, -0.25) is 9.59 Å². The number of hydrogen-bond acceptors (Lipinski definition) is 2. The third kappa shape index (κ3) is 4.40. The zero-order valence-electron chi connectivity index (χ0n) is 17.7. The third-order valence-electron chi connectivity index (χ3n) is 5.73. The zero-order valence-corrected chi connectivity index (χ0v) is 17.7. The molecule has 156 valence electrons. The molecule has 3 aromatic rings. The van der Waals surface area contributed by atoms with Crippen LogP contribution in [0, 0.1) is 11.8 Å². The van der Waals surface area contributed by atoms with Crippen LogP contribution in [0.15, 0.2) is 54.6 Å². The van der Waals surface area contributed by atoms with Crippen LogP contribution in [0.4, 0.5) is 5.69 Å². The minimum atomic E-state index is -0.0733. The van der Waals surface area contributed by atoms with Crippen LogP contribution in [-0.2, 0) is 11.3 Å². The van der Waals surface area contributed by atoms with Gasteiger partial charge in [-0.25, -0.2) is 0 Å². The summed E-state index contributed by atoms with van der Waals surface area (Å²) in [4.78, 5) is 25.2. The first-order valence-electron chi connectivity index (χ1n) is 10.8. The summed E-state index contributed by atoms with van der Waals surface area (Å²) in [7, 11) is 0. The molecule has 0 bridgehead atoms. The number of anilines is 1. The normalized spacial score (nSPS) is 14.0. The summed E-state index contributed by atoms with van der Waals surface area (Å²) in [5, 5.41) is 7.02. The summed E-state index contributed by atoms with van der Waals surface area (Å²) in [5.41, 5.74) is 3.54. The topological polar surface area (TPSA) is 63.1 Å². The van der Waals surface area contributed by atoms with Crippen LogP contribution < -0.4 is 10.6 Å². The minimum Gasteiger partial charge on any atom is -0.351 e. The largest absolute Gasteiger partial charge is 0.351 e. The quantitative estimate of drug-likeness (QED) is 0.594. The van der Waals surface area contributed by atoms with E-state index >= 15 is 0 Å². The molecular formula is C25H29N3O2. The smallest absolute Gasteiger partial charge is 0.267 e. The maximum Gasteiger partial charge on any atom is 0.267 e. The second kappa shape index (κ2) is 8.74. The molecule has 5 heteroatoms.